The smallest absolute Gasteiger partial charge is 0.206 e. The van der Waals surface area contributed by atoms with Gasteiger partial charge in [0.2, 0.25) is 5.95 Å². The summed E-state index contributed by atoms with van der Waals surface area (Å²) in [5, 5.41) is 0.503. The molecule has 148 valence electrons. The molecule has 4 rings (SSSR count). The lowest BCUT2D eigenvalue weighted by molar-refractivity contribution is 0.122. The van der Waals surface area contributed by atoms with Crippen molar-refractivity contribution in [1.29, 1.82) is 0 Å². The Morgan fingerprint density at radius 1 is 1.07 bits per heavy atom. The van der Waals surface area contributed by atoms with E-state index in [1.54, 1.807) is 7.11 Å². The molecular formula is C18H27ClN6O2. The molecule has 0 unspecified atom stereocenters. The molecule has 0 saturated carbocycles. The lowest BCUT2D eigenvalue weighted by Crippen LogP contribution is -2.48. The van der Waals surface area contributed by atoms with Gasteiger partial charge in [-0.2, -0.15) is 0 Å². The van der Waals surface area contributed by atoms with E-state index in [9.17, 15) is 0 Å². The third-order valence-corrected chi connectivity index (χ3v) is 5.57. The molecule has 2 aliphatic rings. The van der Waals surface area contributed by atoms with Crippen molar-refractivity contribution in [2.24, 2.45) is 7.05 Å². The van der Waals surface area contributed by atoms with Gasteiger partial charge in [0.15, 0.2) is 5.82 Å². The number of methoxy groups -OCH3 is 1. The van der Waals surface area contributed by atoms with Crippen LogP contribution in [0.5, 0.6) is 0 Å². The number of halogens is 1. The fourth-order valence-corrected chi connectivity index (χ4v) is 3.98. The molecule has 0 bridgehead atoms. The summed E-state index contributed by atoms with van der Waals surface area (Å²) in [6.07, 6.45) is 0. The summed E-state index contributed by atoms with van der Waals surface area (Å²) in [5.74, 6) is 1.84. The summed E-state index contributed by atoms with van der Waals surface area (Å²) in [5.41, 5.74) is 1.94. The number of aryl methyl sites for hydroxylation is 1. The van der Waals surface area contributed by atoms with E-state index in [-0.39, 0.29) is 0 Å². The molecule has 2 aromatic heterocycles. The Labute approximate surface area is 164 Å². The number of pyridine rings is 1. The van der Waals surface area contributed by atoms with Gasteiger partial charge in [0, 0.05) is 66.0 Å². The minimum absolute atomic E-state index is 0.503. The topological polar surface area (TPSA) is 58.9 Å². The highest BCUT2D eigenvalue weighted by molar-refractivity contribution is 6.30. The predicted molar refractivity (Wildman–Crippen MR) is 107 cm³/mol. The van der Waals surface area contributed by atoms with Gasteiger partial charge >= 0.3 is 0 Å². The molecule has 2 aliphatic heterocycles. The fourth-order valence-electron chi connectivity index (χ4n) is 3.80. The van der Waals surface area contributed by atoms with Crippen molar-refractivity contribution in [3.8, 4) is 0 Å². The Kier molecular flexibility index (Phi) is 5.68. The van der Waals surface area contributed by atoms with Crippen molar-refractivity contribution >= 4 is 34.4 Å². The maximum atomic E-state index is 6.34. The molecule has 0 aromatic carbocycles. The minimum Gasteiger partial charge on any atom is -0.383 e. The summed E-state index contributed by atoms with van der Waals surface area (Å²) in [6, 6.07) is 1.91. The normalized spacial score (nSPS) is 19.2. The van der Waals surface area contributed by atoms with Crippen LogP contribution in [0, 0.1) is 0 Å². The second-order valence-corrected chi connectivity index (χ2v) is 7.42. The summed E-state index contributed by atoms with van der Waals surface area (Å²) in [4.78, 5) is 16.6. The molecule has 2 saturated heterocycles. The molecule has 0 atom stereocenters. The molecule has 0 spiro atoms. The van der Waals surface area contributed by atoms with Crippen LogP contribution in [0.2, 0.25) is 5.15 Å². The number of imidazole rings is 1. The Morgan fingerprint density at radius 2 is 1.81 bits per heavy atom. The maximum absolute atomic E-state index is 6.34. The molecule has 0 amide bonds. The predicted octanol–water partition coefficient (Wildman–Crippen LogP) is 1.23. The van der Waals surface area contributed by atoms with E-state index in [2.05, 4.69) is 31.3 Å². The lowest BCUT2D eigenvalue weighted by atomic mass is 10.3. The van der Waals surface area contributed by atoms with E-state index < -0.39 is 0 Å². The number of fused-ring (bicyclic) bond motifs is 1. The number of rotatable bonds is 5. The van der Waals surface area contributed by atoms with Crippen LogP contribution in [-0.4, -0.2) is 92.2 Å². The van der Waals surface area contributed by atoms with Gasteiger partial charge in [-0.1, -0.05) is 11.6 Å². The lowest BCUT2D eigenvalue weighted by Gasteiger charge is -2.35. The molecule has 27 heavy (non-hydrogen) atoms. The van der Waals surface area contributed by atoms with E-state index in [1.807, 2.05) is 6.07 Å². The Morgan fingerprint density at radius 3 is 2.52 bits per heavy atom. The van der Waals surface area contributed by atoms with E-state index in [1.165, 1.54) is 0 Å². The number of nitrogens with zero attached hydrogens (tertiary/aromatic N) is 6. The number of hydrogen-bond acceptors (Lipinski definition) is 7. The summed E-state index contributed by atoms with van der Waals surface area (Å²) in [7, 11) is 3.81. The van der Waals surface area contributed by atoms with E-state index in [4.69, 9.17) is 26.1 Å². The highest BCUT2D eigenvalue weighted by Gasteiger charge is 2.24. The first-order valence-electron chi connectivity index (χ1n) is 9.49. The van der Waals surface area contributed by atoms with Gasteiger partial charge in [0.05, 0.1) is 25.3 Å². The van der Waals surface area contributed by atoms with Crippen LogP contribution >= 0.6 is 11.6 Å². The monoisotopic (exact) mass is 394 g/mol. The highest BCUT2D eigenvalue weighted by Crippen LogP contribution is 2.31. The minimum atomic E-state index is 0.503. The van der Waals surface area contributed by atoms with Gasteiger partial charge in [-0.3, -0.25) is 4.90 Å². The summed E-state index contributed by atoms with van der Waals surface area (Å²) >= 11 is 6.34. The first kappa shape index (κ1) is 18.7. The van der Waals surface area contributed by atoms with Gasteiger partial charge in [0.25, 0.3) is 0 Å². The molecule has 2 aromatic rings. The zero-order valence-electron chi connectivity index (χ0n) is 16.0. The van der Waals surface area contributed by atoms with Crippen molar-refractivity contribution in [2.45, 2.75) is 0 Å². The van der Waals surface area contributed by atoms with Crippen LogP contribution in [0.3, 0.4) is 0 Å². The van der Waals surface area contributed by atoms with Gasteiger partial charge in [-0.15, -0.1) is 0 Å². The SMILES string of the molecule is COCCN1CCN(c2nc3c(N4CCOCC4)nc(Cl)cc3n2C)CC1. The quantitative estimate of drug-likeness (QED) is 0.707. The molecule has 0 radical (unpaired) electrons. The number of morpholine rings is 1. The van der Waals surface area contributed by atoms with Crippen LogP contribution in [0.25, 0.3) is 11.0 Å². The second-order valence-electron chi connectivity index (χ2n) is 7.03. The maximum Gasteiger partial charge on any atom is 0.206 e. The van der Waals surface area contributed by atoms with Gasteiger partial charge in [0.1, 0.15) is 10.7 Å². The molecule has 4 heterocycles. The van der Waals surface area contributed by atoms with Crippen molar-refractivity contribution in [3.63, 3.8) is 0 Å². The molecular weight excluding hydrogens is 368 g/mol. The van der Waals surface area contributed by atoms with Crippen LogP contribution in [0.4, 0.5) is 11.8 Å². The first-order valence-corrected chi connectivity index (χ1v) is 9.87. The zero-order chi connectivity index (χ0) is 18.8. The molecule has 9 heteroatoms. The summed E-state index contributed by atoms with van der Waals surface area (Å²) < 4.78 is 12.8. The summed E-state index contributed by atoms with van der Waals surface area (Å²) in [6.45, 7) is 8.73. The van der Waals surface area contributed by atoms with Crippen LogP contribution in [-0.2, 0) is 16.5 Å². The third-order valence-electron chi connectivity index (χ3n) is 5.37. The molecule has 8 nitrogen and oxygen atoms in total. The zero-order valence-corrected chi connectivity index (χ0v) is 16.8. The standard InChI is InChI=1S/C18H27ClN6O2/c1-22-14-13-15(19)20-17(24-8-11-27-12-9-24)16(14)21-18(22)25-5-3-23(4-6-25)7-10-26-2/h13H,3-12H2,1-2H3. The van der Waals surface area contributed by atoms with Crippen LogP contribution in [0.15, 0.2) is 6.07 Å². The first-order chi connectivity index (χ1) is 13.2. The largest absolute Gasteiger partial charge is 0.383 e. The number of hydrogen-bond donors (Lipinski definition) is 0. The van der Waals surface area contributed by atoms with E-state index in [0.717, 1.165) is 75.2 Å². The van der Waals surface area contributed by atoms with Gasteiger partial charge in [-0.05, 0) is 0 Å². The number of anilines is 2. The number of ether oxygens (including phenoxy) is 2. The molecule has 0 aliphatic carbocycles. The van der Waals surface area contributed by atoms with E-state index in [0.29, 0.717) is 18.4 Å². The average Bonchev–Trinajstić information content (AvgIpc) is 3.03. The molecule has 0 N–H and O–H groups in total. The van der Waals surface area contributed by atoms with Crippen LogP contribution < -0.4 is 9.80 Å². The van der Waals surface area contributed by atoms with Crippen molar-refractivity contribution < 1.29 is 9.47 Å². The Bertz CT molecular complexity index is 784. The van der Waals surface area contributed by atoms with Crippen molar-refractivity contribution in [1.82, 2.24) is 19.4 Å². The Hall–Kier alpha value is -1.61. The van der Waals surface area contributed by atoms with Crippen LogP contribution in [0.1, 0.15) is 0 Å². The number of piperazine rings is 1. The van der Waals surface area contributed by atoms with Crippen molar-refractivity contribution in [3.05, 3.63) is 11.2 Å². The average molecular weight is 395 g/mol. The van der Waals surface area contributed by atoms with Crippen molar-refractivity contribution in [2.75, 3.05) is 82.5 Å². The fraction of sp³-hybridized carbons (Fsp3) is 0.667. The Balaban J connectivity index is 1.60. The van der Waals surface area contributed by atoms with Gasteiger partial charge < -0.3 is 23.8 Å². The molecule has 2 fully saturated rings. The number of aromatic nitrogens is 3. The van der Waals surface area contributed by atoms with Gasteiger partial charge in [-0.25, -0.2) is 9.97 Å². The second kappa shape index (κ2) is 8.18. The third kappa shape index (κ3) is 3.85. The van der Waals surface area contributed by atoms with E-state index >= 15 is 0 Å². The highest BCUT2D eigenvalue weighted by atomic mass is 35.5.